The van der Waals surface area contributed by atoms with Crippen molar-refractivity contribution in [1.82, 2.24) is 0 Å². The van der Waals surface area contributed by atoms with Gasteiger partial charge in [0.1, 0.15) is 5.41 Å². The molecule has 0 aromatic heterocycles. The fourth-order valence-corrected chi connectivity index (χ4v) is 3.73. The van der Waals surface area contributed by atoms with Gasteiger partial charge in [-0.1, -0.05) is 42.5 Å². The normalized spacial score (nSPS) is 23.2. The molecule has 0 saturated carbocycles. The molecule has 0 fully saturated rings. The number of hydrogen-bond donors (Lipinski definition) is 0. The van der Waals surface area contributed by atoms with Crippen LogP contribution in [0.2, 0.25) is 0 Å². The molecule has 4 rings (SSSR count). The summed E-state index contributed by atoms with van der Waals surface area (Å²) in [7, 11) is 0. The zero-order valence-corrected chi connectivity index (χ0v) is 11.3. The molecular weight excluding hydrogens is 248 g/mol. The number of carbonyl (C=O) groups excluding carboxylic acids is 2. The molecular formula is C18H14O2. The Hall–Kier alpha value is -2.22. The quantitative estimate of drug-likeness (QED) is 0.683. The van der Waals surface area contributed by atoms with E-state index in [4.69, 9.17) is 0 Å². The molecule has 2 aliphatic rings. The summed E-state index contributed by atoms with van der Waals surface area (Å²) >= 11 is 0. The van der Waals surface area contributed by atoms with Crippen molar-refractivity contribution >= 4 is 11.6 Å². The van der Waals surface area contributed by atoms with Gasteiger partial charge in [-0.15, -0.1) is 0 Å². The molecule has 0 aliphatic heterocycles. The van der Waals surface area contributed by atoms with Crippen LogP contribution in [0, 0.1) is 12.3 Å². The number of aryl methyl sites for hydroxylation is 1. The first-order chi connectivity index (χ1) is 9.63. The Bertz CT molecular complexity index is 773. The number of hydrogen-bond acceptors (Lipinski definition) is 2. The summed E-state index contributed by atoms with van der Waals surface area (Å²) in [5.74, 6) is 0.0282. The van der Waals surface area contributed by atoms with Crippen molar-refractivity contribution in [2.24, 2.45) is 5.41 Å². The van der Waals surface area contributed by atoms with E-state index in [9.17, 15) is 9.59 Å². The fraction of sp³-hybridized carbons (Fsp3) is 0.222. The minimum Gasteiger partial charge on any atom is -0.293 e. The monoisotopic (exact) mass is 262 g/mol. The summed E-state index contributed by atoms with van der Waals surface area (Å²) in [4.78, 5) is 25.7. The Labute approximate surface area is 117 Å². The largest absolute Gasteiger partial charge is 0.293 e. The number of Topliss-reactive ketones (excluding diaryl/α,β-unsaturated/α-hetero) is 2. The Morgan fingerprint density at radius 1 is 0.850 bits per heavy atom. The molecule has 1 spiro atoms. The highest BCUT2D eigenvalue weighted by atomic mass is 16.2. The zero-order chi connectivity index (χ0) is 13.9. The van der Waals surface area contributed by atoms with E-state index in [1.165, 1.54) is 0 Å². The van der Waals surface area contributed by atoms with Gasteiger partial charge >= 0.3 is 0 Å². The molecule has 0 bridgehead atoms. The third kappa shape index (κ3) is 1.24. The zero-order valence-electron chi connectivity index (χ0n) is 11.3. The molecule has 0 radical (unpaired) electrons. The number of rotatable bonds is 0. The van der Waals surface area contributed by atoms with E-state index < -0.39 is 5.41 Å². The third-order valence-electron chi connectivity index (χ3n) is 4.70. The van der Waals surface area contributed by atoms with Crippen LogP contribution in [0.5, 0.6) is 0 Å². The predicted octanol–water partition coefficient (Wildman–Crippen LogP) is 3.16. The lowest BCUT2D eigenvalue weighted by molar-refractivity contribution is 0.0705. The standard InChI is InChI=1S/C18H14O2/c1-11-5-4-7-13-10-18(17(20)15(11)13)9-12-6-2-3-8-14(12)16(18)19/h2-8H,9-10H2,1H3/t18-/m1/s1. The van der Waals surface area contributed by atoms with E-state index in [-0.39, 0.29) is 11.6 Å². The van der Waals surface area contributed by atoms with Crippen LogP contribution in [-0.4, -0.2) is 11.6 Å². The van der Waals surface area contributed by atoms with Crippen molar-refractivity contribution in [1.29, 1.82) is 0 Å². The van der Waals surface area contributed by atoms with Crippen LogP contribution in [-0.2, 0) is 12.8 Å². The number of benzene rings is 2. The maximum atomic E-state index is 12.9. The molecule has 98 valence electrons. The lowest BCUT2D eigenvalue weighted by atomic mass is 9.79. The maximum Gasteiger partial charge on any atom is 0.177 e. The topological polar surface area (TPSA) is 34.1 Å². The van der Waals surface area contributed by atoms with Crippen LogP contribution in [0.4, 0.5) is 0 Å². The SMILES string of the molecule is Cc1cccc2c1C(=O)[C@]1(Cc3ccccc3C1=O)C2. The summed E-state index contributed by atoms with van der Waals surface area (Å²) < 4.78 is 0. The molecule has 0 amide bonds. The molecule has 0 heterocycles. The smallest absolute Gasteiger partial charge is 0.177 e. The highest BCUT2D eigenvalue weighted by Crippen LogP contribution is 2.47. The molecule has 2 aliphatic carbocycles. The Balaban J connectivity index is 1.90. The van der Waals surface area contributed by atoms with Gasteiger partial charge in [-0.2, -0.15) is 0 Å². The first-order valence-electron chi connectivity index (χ1n) is 6.89. The van der Waals surface area contributed by atoms with E-state index in [1.54, 1.807) is 0 Å². The van der Waals surface area contributed by atoms with Gasteiger partial charge in [-0.25, -0.2) is 0 Å². The average molecular weight is 262 g/mol. The summed E-state index contributed by atoms with van der Waals surface area (Å²) in [6.45, 7) is 1.95. The van der Waals surface area contributed by atoms with Crippen LogP contribution < -0.4 is 0 Å². The first-order valence-corrected chi connectivity index (χ1v) is 6.89. The molecule has 2 aromatic carbocycles. The fourth-order valence-electron chi connectivity index (χ4n) is 3.73. The summed E-state index contributed by atoms with van der Waals surface area (Å²) in [5.41, 5.74) is 3.65. The number of carbonyl (C=O) groups is 2. The van der Waals surface area contributed by atoms with Crippen molar-refractivity contribution in [2.45, 2.75) is 19.8 Å². The van der Waals surface area contributed by atoms with Crippen LogP contribution in [0.3, 0.4) is 0 Å². The van der Waals surface area contributed by atoms with Gasteiger partial charge in [0.25, 0.3) is 0 Å². The van der Waals surface area contributed by atoms with E-state index in [0.29, 0.717) is 12.8 Å². The van der Waals surface area contributed by atoms with E-state index in [2.05, 4.69) is 0 Å². The summed E-state index contributed by atoms with van der Waals surface area (Å²) in [6.07, 6.45) is 1.10. The van der Waals surface area contributed by atoms with Gasteiger partial charge in [0.2, 0.25) is 0 Å². The van der Waals surface area contributed by atoms with Crippen LogP contribution >= 0.6 is 0 Å². The lowest BCUT2D eigenvalue weighted by Crippen LogP contribution is -2.34. The van der Waals surface area contributed by atoms with E-state index in [0.717, 1.165) is 27.8 Å². The van der Waals surface area contributed by atoms with Crippen LogP contribution in [0.15, 0.2) is 42.5 Å². The highest BCUT2D eigenvalue weighted by Gasteiger charge is 2.55. The second-order valence-electron chi connectivity index (χ2n) is 5.86. The summed E-state index contributed by atoms with van der Waals surface area (Å²) in [5, 5.41) is 0. The Morgan fingerprint density at radius 3 is 2.30 bits per heavy atom. The van der Waals surface area contributed by atoms with E-state index in [1.807, 2.05) is 49.4 Å². The Kier molecular flexibility index (Phi) is 2.12. The highest BCUT2D eigenvalue weighted by molar-refractivity contribution is 6.25. The van der Waals surface area contributed by atoms with Gasteiger partial charge < -0.3 is 0 Å². The Morgan fingerprint density at radius 2 is 1.55 bits per heavy atom. The molecule has 1 atom stereocenters. The van der Waals surface area contributed by atoms with Gasteiger partial charge in [0.15, 0.2) is 11.6 Å². The van der Waals surface area contributed by atoms with Crippen LogP contribution in [0.25, 0.3) is 0 Å². The van der Waals surface area contributed by atoms with Crippen LogP contribution in [0.1, 0.15) is 37.4 Å². The number of ketones is 2. The van der Waals surface area contributed by atoms with E-state index >= 15 is 0 Å². The number of fused-ring (bicyclic) bond motifs is 2. The molecule has 0 N–H and O–H groups in total. The maximum absolute atomic E-state index is 12.9. The first kappa shape index (κ1) is 11.6. The van der Waals surface area contributed by atoms with Gasteiger partial charge in [-0.05, 0) is 36.5 Å². The van der Waals surface area contributed by atoms with Crippen molar-refractivity contribution in [3.8, 4) is 0 Å². The third-order valence-corrected chi connectivity index (χ3v) is 4.70. The molecule has 2 nitrogen and oxygen atoms in total. The van der Waals surface area contributed by atoms with Gasteiger partial charge in [-0.3, -0.25) is 9.59 Å². The lowest BCUT2D eigenvalue weighted by Gasteiger charge is -2.18. The molecule has 0 unspecified atom stereocenters. The van der Waals surface area contributed by atoms with Crippen molar-refractivity contribution < 1.29 is 9.59 Å². The second kappa shape index (κ2) is 3.66. The minimum atomic E-state index is -0.863. The predicted molar refractivity (Wildman–Crippen MR) is 76.1 cm³/mol. The molecule has 2 heteroatoms. The van der Waals surface area contributed by atoms with Gasteiger partial charge in [0.05, 0.1) is 0 Å². The van der Waals surface area contributed by atoms with Crippen molar-refractivity contribution in [3.63, 3.8) is 0 Å². The van der Waals surface area contributed by atoms with Crippen molar-refractivity contribution in [3.05, 3.63) is 70.3 Å². The molecule has 20 heavy (non-hydrogen) atoms. The minimum absolute atomic E-state index is 0.00806. The molecule has 2 aromatic rings. The van der Waals surface area contributed by atoms with Crippen molar-refractivity contribution in [2.75, 3.05) is 0 Å². The summed E-state index contributed by atoms with van der Waals surface area (Å²) in [6, 6.07) is 13.5. The second-order valence-corrected chi connectivity index (χ2v) is 5.86. The van der Waals surface area contributed by atoms with Gasteiger partial charge in [0, 0.05) is 11.1 Å². The average Bonchev–Trinajstić information content (AvgIpc) is 2.89. The molecule has 0 saturated heterocycles.